The number of amides is 1. The normalized spacial score (nSPS) is 16.5. The Morgan fingerprint density at radius 2 is 1.71 bits per heavy atom. The standard InChI is InChI=1S/C23H30N2O5S/c1-16-11-13-25(14-12-16)31(27,28)18-9-10-22(30-4)20(15-18)23(26)24-17(2)19-7-5-6-8-21(19)29-3/h5-10,15-17H,11-14H2,1-4H3,(H,24,26)/t17-/m1/s1. The molecule has 1 aliphatic heterocycles. The second-order valence-corrected chi connectivity index (χ2v) is 9.82. The van der Waals surface area contributed by atoms with E-state index in [2.05, 4.69) is 12.2 Å². The summed E-state index contributed by atoms with van der Waals surface area (Å²) in [6, 6.07) is 11.5. The Kier molecular flexibility index (Phi) is 7.23. The molecule has 0 spiro atoms. The first-order valence-corrected chi connectivity index (χ1v) is 11.8. The van der Waals surface area contributed by atoms with Crippen molar-refractivity contribution < 1.29 is 22.7 Å². The van der Waals surface area contributed by atoms with E-state index in [-0.39, 0.29) is 16.5 Å². The van der Waals surface area contributed by atoms with Gasteiger partial charge >= 0.3 is 0 Å². The summed E-state index contributed by atoms with van der Waals surface area (Å²) in [5.41, 5.74) is 0.999. The average molecular weight is 447 g/mol. The van der Waals surface area contributed by atoms with Crippen LogP contribution in [0.15, 0.2) is 47.4 Å². The lowest BCUT2D eigenvalue weighted by molar-refractivity contribution is 0.0936. The van der Waals surface area contributed by atoms with Crippen LogP contribution in [0.2, 0.25) is 0 Å². The third-order valence-corrected chi connectivity index (χ3v) is 7.64. The molecule has 0 aliphatic carbocycles. The molecule has 2 aromatic rings. The van der Waals surface area contributed by atoms with E-state index in [4.69, 9.17) is 9.47 Å². The molecule has 2 aromatic carbocycles. The van der Waals surface area contributed by atoms with Gasteiger partial charge in [0, 0.05) is 18.7 Å². The molecule has 8 heteroatoms. The maximum atomic E-state index is 13.1. The van der Waals surface area contributed by atoms with Gasteiger partial charge in [-0.3, -0.25) is 4.79 Å². The van der Waals surface area contributed by atoms with Gasteiger partial charge in [-0.2, -0.15) is 4.31 Å². The molecule has 3 rings (SSSR count). The molecule has 1 atom stereocenters. The molecule has 1 fully saturated rings. The van der Waals surface area contributed by atoms with Gasteiger partial charge in [0.2, 0.25) is 10.0 Å². The van der Waals surface area contributed by atoms with Gasteiger partial charge in [0.15, 0.2) is 0 Å². The number of ether oxygens (including phenoxy) is 2. The zero-order valence-electron chi connectivity index (χ0n) is 18.4. The minimum absolute atomic E-state index is 0.0953. The highest BCUT2D eigenvalue weighted by Crippen LogP contribution is 2.29. The molecule has 0 bridgehead atoms. The van der Waals surface area contributed by atoms with Crippen molar-refractivity contribution in [2.45, 2.75) is 37.6 Å². The number of benzene rings is 2. The number of nitrogens with zero attached hydrogens (tertiary/aromatic N) is 1. The number of carbonyl (C=O) groups excluding carboxylic acids is 1. The maximum Gasteiger partial charge on any atom is 0.255 e. The number of hydrogen-bond donors (Lipinski definition) is 1. The van der Waals surface area contributed by atoms with Crippen molar-refractivity contribution >= 4 is 15.9 Å². The van der Waals surface area contributed by atoms with E-state index in [0.29, 0.717) is 30.5 Å². The Hall–Kier alpha value is -2.58. The lowest BCUT2D eigenvalue weighted by Gasteiger charge is -2.29. The van der Waals surface area contributed by atoms with Gasteiger partial charge in [0.1, 0.15) is 11.5 Å². The van der Waals surface area contributed by atoms with Gasteiger partial charge in [-0.1, -0.05) is 25.1 Å². The molecule has 7 nitrogen and oxygen atoms in total. The zero-order valence-corrected chi connectivity index (χ0v) is 19.2. The highest BCUT2D eigenvalue weighted by molar-refractivity contribution is 7.89. The molecule has 0 unspecified atom stereocenters. The van der Waals surface area contributed by atoms with Crippen molar-refractivity contribution in [1.29, 1.82) is 0 Å². The lowest BCUT2D eigenvalue weighted by Crippen LogP contribution is -2.38. The zero-order chi connectivity index (χ0) is 22.6. The van der Waals surface area contributed by atoms with Crippen LogP contribution >= 0.6 is 0 Å². The topological polar surface area (TPSA) is 84.9 Å². The number of sulfonamides is 1. The predicted octanol–water partition coefficient (Wildman–Crippen LogP) is 3.62. The van der Waals surface area contributed by atoms with Gasteiger partial charge in [0.05, 0.1) is 30.7 Å². The average Bonchev–Trinajstić information content (AvgIpc) is 2.78. The summed E-state index contributed by atoms with van der Waals surface area (Å²) in [6.07, 6.45) is 1.66. The maximum absolute atomic E-state index is 13.1. The van der Waals surface area contributed by atoms with Crippen LogP contribution in [0.5, 0.6) is 11.5 Å². The summed E-state index contributed by atoms with van der Waals surface area (Å²) in [6.45, 7) is 4.95. The first kappa shape index (κ1) is 23.1. The van der Waals surface area contributed by atoms with Crippen molar-refractivity contribution in [3.8, 4) is 11.5 Å². The van der Waals surface area contributed by atoms with E-state index in [9.17, 15) is 13.2 Å². The largest absolute Gasteiger partial charge is 0.496 e. The highest BCUT2D eigenvalue weighted by atomic mass is 32.2. The van der Waals surface area contributed by atoms with E-state index in [0.717, 1.165) is 18.4 Å². The van der Waals surface area contributed by atoms with E-state index < -0.39 is 15.9 Å². The SMILES string of the molecule is COc1ccc(S(=O)(=O)N2CCC(C)CC2)cc1C(=O)N[C@H](C)c1ccccc1OC. The van der Waals surface area contributed by atoms with Crippen LogP contribution in [0.4, 0.5) is 0 Å². The van der Waals surface area contributed by atoms with Crippen LogP contribution in [0.1, 0.15) is 48.7 Å². The Bertz CT molecular complexity index is 1030. The highest BCUT2D eigenvalue weighted by Gasteiger charge is 2.29. The molecule has 31 heavy (non-hydrogen) atoms. The Balaban J connectivity index is 1.87. The predicted molar refractivity (Wildman–Crippen MR) is 119 cm³/mol. The van der Waals surface area contributed by atoms with Crippen LogP contribution in [0, 0.1) is 5.92 Å². The van der Waals surface area contributed by atoms with E-state index in [1.807, 2.05) is 31.2 Å². The second kappa shape index (κ2) is 9.70. The minimum Gasteiger partial charge on any atom is -0.496 e. The fourth-order valence-electron chi connectivity index (χ4n) is 3.78. The molecule has 1 N–H and O–H groups in total. The summed E-state index contributed by atoms with van der Waals surface area (Å²) in [5, 5.41) is 2.92. The Morgan fingerprint density at radius 1 is 1.06 bits per heavy atom. The molecule has 1 amide bonds. The van der Waals surface area contributed by atoms with Gasteiger partial charge < -0.3 is 14.8 Å². The fourth-order valence-corrected chi connectivity index (χ4v) is 5.27. The molecule has 1 heterocycles. The molecule has 1 saturated heterocycles. The third kappa shape index (κ3) is 5.02. The van der Waals surface area contributed by atoms with Gasteiger partial charge in [0.25, 0.3) is 5.91 Å². The quantitative estimate of drug-likeness (QED) is 0.702. The first-order valence-electron chi connectivity index (χ1n) is 10.4. The van der Waals surface area contributed by atoms with Crippen LogP contribution in [0.3, 0.4) is 0 Å². The summed E-state index contributed by atoms with van der Waals surface area (Å²) < 4.78 is 38.5. The summed E-state index contributed by atoms with van der Waals surface area (Å²) in [4.78, 5) is 13.2. The number of nitrogens with one attached hydrogen (secondary N) is 1. The summed E-state index contributed by atoms with van der Waals surface area (Å²) in [7, 11) is -0.650. The van der Waals surface area contributed by atoms with Crippen LogP contribution in [0.25, 0.3) is 0 Å². The van der Waals surface area contributed by atoms with E-state index in [1.165, 1.54) is 29.6 Å². The van der Waals surface area contributed by atoms with Gasteiger partial charge in [-0.25, -0.2) is 8.42 Å². The number of methoxy groups -OCH3 is 2. The summed E-state index contributed by atoms with van der Waals surface area (Å²) >= 11 is 0. The number of carbonyl (C=O) groups is 1. The summed E-state index contributed by atoms with van der Waals surface area (Å²) in [5.74, 6) is 1.08. The van der Waals surface area contributed by atoms with Crippen LogP contribution in [-0.2, 0) is 10.0 Å². The van der Waals surface area contributed by atoms with Crippen molar-refractivity contribution in [3.63, 3.8) is 0 Å². The van der Waals surface area contributed by atoms with Gasteiger partial charge in [-0.05, 0) is 49.9 Å². The Labute approximate surface area is 184 Å². The molecule has 1 aliphatic rings. The number of piperidine rings is 1. The molecule has 0 radical (unpaired) electrons. The first-order chi connectivity index (χ1) is 14.8. The smallest absolute Gasteiger partial charge is 0.255 e. The Morgan fingerprint density at radius 3 is 2.35 bits per heavy atom. The second-order valence-electron chi connectivity index (χ2n) is 7.89. The van der Waals surface area contributed by atoms with Crippen molar-refractivity contribution in [1.82, 2.24) is 9.62 Å². The molecule has 0 aromatic heterocycles. The van der Waals surface area contributed by atoms with Crippen molar-refractivity contribution in [2.75, 3.05) is 27.3 Å². The molecular formula is C23H30N2O5S. The van der Waals surface area contributed by atoms with Crippen LogP contribution < -0.4 is 14.8 Å². The van der Waals surface area contributed by atoms with Crippen molar-refractivity contribution in [2.24, 2.45) is 5.92 Å². The number of hydrogen-bond acceptors (Lipinski definition) is 5. The van der Waals surface area contributed by atoms with Crippen LogP contribution in [-0.4, -0.2) is 45.9 Å². The number of rotatable bonds is 7. The minimum atomic E-state index is -3.68. The molecule has 168 valence electrons. The monoisotopic (exact) mass is 446 g/mol. The molecule has 0 saturated carbocycles. The van der Waals surface area contributed by atoms with Gasteiger partial charge in [-0.15, -0.1) is 0 Å². The lowest BCUT2D eigenvalue weighted by atomic mass is 10.0. The fraction of sp³-hybridized carbons (Fsp3) is 0.435. The molecular weight excluding hydrogens is 416 g/mol. The number of para-hydroxylation sites is 1. The van der Waals surface area contributed by atoms with E-state index in [1.54, 1.807) is 7.11 Å². The van der Waals surface area contributed by atoms with E-state index >= 15 is 0 Å². The van der Waals surface area contributed by atoms with Crippen molar-refractivity contribution in [3.05, 3.63) is 53.6 Å². The third-order valence-electron chi connectivity index (χ3n) is 5.75.